The molecule has 0 saturated carbocycles. The number of carbonyl (C=O) groups excluding carboxylic acids is 3. The zero-order chi connectivity index (χ0) is 28.7. The van der Waals surface area contributed by atoms with Gasteiger partial charge < -0.3 is 20.9 Å². The van der Waals surface area contributed by atoms with Crippen molar-refractivity contribution in [2.75, 3.05) is 34.4 Å². The molecule has 0 heterocycles. The maximum Gasteiger partial charge on any atom is 0.416 e. The fraction of sp³-hybridized carbons (Fsp3) is 0.100. The molecule has 4 rings (SSSR count). The van der Waals surface area contributed by atoms with Crippen molar-refractivity contribution in [1.82, 2.24) is 0 Å². The van der Waals surface area contributed by atoms with Gasteiger partial charge in [-0.3, -0.25) is 14.4 Å². The largest absolute Gasteiger partial charge is 0.416 e. The molecule has 3 N–H and O–H groups in total. The number of benzene rings is 4. The minimum atomic E-state index is -4.53. The molecule has 0 aromatic heterocycles. The number of alkyl halides is 3. The molecule has 0 atom stereocenters. The van der Waals surface area contributed by atoms with Crippen LogP contribution in [0.2, 0.25) is 0 Å². The van der Waals surface area contributed by atoms with Crippen LogP contribution >= 0.6 is 0 Å². The smallest absolute Gasteiger partial charge is 0.376 e. The van der Waals surface area contributed by atoms with Gasteiger partial charge in [-0.05, 0) is 72.8 Å². The molecule has 7 nitrogen and oxygen atoms in total. The predicted molar refractivity (Wildman–Crippen MR) is 149 cm³/mol. The third-order valence-corrected chi connectivity index (χ3v) is 5.89. The molecule has 40 heavy (non-hydrogen) atoms. The Morgan fingerprint density at radius 3 is 2.02 bits per heavy atom. The third-order valence-electron chi connectivity index (χ3n) is 5.89. The third kappa shape index (κ3) is 7.25. The minimum absolute atomic E-state index is 0.00195. The molecule has 0 bridgehead atoms. The van der Waals surface area contributed by atoms with Crippen LogP contribution in [0.15, 0.2) is 103 Å². The van der Waals surface area contributed by atoms with Gasteiger partial charge in [-0.1, -0.05) is 30.3 Å². The van der Waals surface area contributed by atoms with Gasteiger partial charge in [-0.2, -0.15) is 13.2 Å². The molecule has 3 amide bonds. The SMILES string of the molecule is CN(C(=O)c1ccc(NCC(=O)Nc2cccc(C(=O)Nc3cccc(C(F)(F)F)c3)c2)cc1)c1ccccc1. The van der Waals surface area contributed by atoms with Gasteiger partial charge in [0, 0.05) is 40.9 Å². The summed E-state index contributed by atoms with van der Waals surface area (Å²) in [6.07, 6.45) is -4.53. The summed E-state index contributed by atoms with van der Waals surface area (Å²) in [7, 11) is 1.69. The number of rotatable bonds is 8. The average Bonchev–Trinajstić information content (AvgIpc) is 2.96. The number of amides is 3. The lowest BCUT2D eigenvalue weighted by molar-refractivity contribution is -0.137. The Labute approximate surface area is 228 Å². The number of nitrogens with one attached hydrogen (secondary N) is 3. The van der Waals surface area contributed by atoms with E-state index in [1.165, 1.54) is 24.3 Å². The van der Waals surface area contributed by atoms with Crippen LogP contribution in [0.3, 0.4) is 0 Å². The number of para-hydroxylation sites is 1. The first-order valence-corrected chi connectivity index (χ1v) is 12.2. The summed E-state index contributed by atoms with van der Waals surface area (Å²) < 4.78 is 38.8. The predicted octanol–water partition coefficient (Wildman–Crippen LogP) is 6.28. The van der Waals surface area contributed by atoms with E-state index in [2.05, 4.69) is 16.0 Å². The summed E-state index contributed by atoms with van der Waals surface area (Å²) in [4.78, 5) is 39.3. The maximum atomic E-state index is 12.9. The van der Waals surface area contributed by atoms with Crippen molar-refractivity contribution in [2.24, 2.45) is 0 Å². The van der Waals surface area contributed by atoms with Crippen LogP contribution in [0.25, 0.3) is 0 Å². The highest BCUT2D eigenvalue weighted by molar-refractivity contribution is 6.06. The van der Waals surface area contributed by atoms with Gasteiger partial charge in [-0.25, -0.2) is 0 Å². The summed E-state index contributed by atoms with van der Waals surface area (Å²) in [6, 6.07) is 26.3. The summed E-state index contributed by atoms with van der Waals surface area (Å²) in [5.74, 6) is -1.19. The van der Waals surface area contributed by atoms with E-state index in [-0.39, 0.29) is 29.6 Å². The molecular formula is C30H25F3N4O3. The monoisotopic (exact) mass is 546 g/mol. The van der Waals surface area contributed by atoms with Crippen LogP contribution < -0.4 is 20.9 Å². The molecule has 0 saturated heterocycles. The molecule has 0 aliphatic rings. The van der Waals surface area contributed by atoms with Crippen molar-refractivity contribution in [3.8, 4) is 0 Å². The zero-order valence-electron chi connectivity index (χ0n) is 21.3. The van der Waals surface area contributed by atoms with Gasteiger partial charge in [0.15, 0.2) is 0 Å². The molecule has 0 spiro atoms. The molecular weight excluding hydrogens is 521 g/mol. The fourth-order valence-electron chi connectivity index (χ4n) is 3.80. The highest BCUT2D eigenvalue weighted by Crippen LogP contribution is 2.30. The van der Waals surface area contributed by atoms with Gasteiger partial charge in [0.1, 0.15) is 0 Å². The molecule has 0 aliphatic heterocycles. The Bertz CT molecular complexity index is 1510. The van der Waals surface area contributed by atoms with E-state index >= 15 is 0 Å². The van der Waals surface area contributed by atoms with Crippen molar-refractivity contribution in [1.29, 1.82) is 0 Å². The molecule has 204 valence electrons. The Hall–Kier alpha value is -5.12. The molecule has 0 aliphatic carbocycles. The Kier molecular flexibility index (Phi) is 8.48. The molecule has 0 unspecified atom stereocenters. The lowest BCUT2D eigenvalue weighted by Crippen LogP contribution is -2.26. The van der Waals surface area contributed by atoms with Gasteiger partial charge in [-0.15, -0.1) is 0 Å². The van der Waals surface area contributed by atoms with Crippen LogP contribution in [0.5, 0.6) is 0 Å². The average molecular weight is 547 g/mol. The lowest BCUT2D eigenvalue weighted by atomic mass is 10.1. The molecule has 10 heteroatoms. The van der Waals surface area contributed by atoms with E-state index in [0.717, 1.165) is 17.8 Å². The van der Waals surface area contributed by atoms with Crippen LogP contribution in [0.4, 0.5) is 35.9 Å². The molecule has 0 fully saturated rings. The highest BCUT2D eigenvalue weighted by Gasteiger charge is 2.30. The number of nitrogens with zero attached hydrogens (tertiary/aromatic N) is 1. The highest BCUT2D eigenvalue weighted by atomic mass is 19.4. The Morgan fingerprint density at radius 2 is 1.35 bits per heavy atom. The van der Waals surface area contributed by atoms with Crippen LogP contribution in [-0.4, -0.2) is 31.3 Å². The number of halogens is 3. The second kappa shape index (κ2) is 12.2. The summed E-state index contributed by atoms with van der Waals surface area (Å²) in [5.41, 5.74) is 1.50. The normalized spacial score (nSPS) is 10.9. The van der Waals surface area contributed by atoms with Crippen LogP contribution in [0, 0.1) is 0 Å². The second-order valence-corrected chi connectivity index (χ2v) is 8.79. The first kappa shape index (κ1) is 27.9. The van der Waals surface area contributed by atoms with Crippen molar-refractivity contribution in [3.63, 3.8) is 0 Å². The van der Waals surface area contributed by atoms with Gasteiger partial charge >= 0.3 is 6.18 Å². The van der Waals surface area contributed by atoms with Crippen LogP contribution in [-0.2, 0) is 11.0 Å². The van der Waals surface area contributed by atoms with Gasteiger partial charge in [0.05, 0.1) is 12.1 Å². The van der Waals surface area contributed by atoms with E-state index in [0.29, 0.717) is 16.9 Å². The summed E-state index contributed by atoms with van der Waals surface area (Å²) >= 11 is 0. The molecule has 4 aromatic rings. The molecule has 0 radical (unpaired) electrons. The van der Waals surface area contributed by atoms with E-state index in [1.807, 2.05) is 30.3 Å². The lowest BCUT2D eigenvalue weighted by Gasteiger charge is -2.17. The van der Waals surface area contributed by atoms with E-state index in [9.17, 15) is 27.6 Å². The van der Waals surface area contributed by atoms with Crippen molar-refractivity contribution in [3.05, 3.63) is 120 Å². The van der Waals surface area contributed by atoms with E-state index < -0.39 is 17.6 Å². The Balaban J connectivity index is 1.31. The molecule has 4 aromatic carbocycles. The second-order valence-electron chi connectivity index (χ2n) is 8.79. The van der Waals surface area contributed by atoms with Crippen molar-refractivity contribution >= 4 is 40.5 Å². The maximum absolute atomic E-state index is 12.9. The Morgan fingerprint density at radius 1 is 0.700 bits per heavy atom. The zero-order valence-corrected chi connectivity index (χ0v) is 21.3. The quantitative estimate of drug-likeness (QED) is 0.243. The topological polar surface area (TPSA) is 90.5 Å². The van der Waals surface area contributed by atoms with Crippen molar-refractivity contribution < 1.29 is 27.6 Å². The number of hydrogen-bond acceptors (Lipinski definition) is 4. The van der Waals surface area contributed by atoms with Crippen LogP contribution in [0.1, 0.15) is 26.3 Å². The van der Waals surface area contributed by atoms with E-state index in [4.69, 9.17) is 0 Å². The van der Waals surface area contributed by atoms with Crippen molar-refractivity contribution in [2.45, 2.75) is 6.18 Å². The minimum Gasteiger partial charge on any atom is -0.376 e. The fourth-order valence-corrected chi connectivity index (χ4v) is 3.80. The summed E-state index contributed by atoms with van der Waals surface area (Å²) in [5, 5.41) is 8.08. The number of anilines is 4. The van der Waals surface area contributed by atoms with E-state index in [1.54, 1.807) is 48.3 Å². The van der Waals surface area contributed by atoms with Gasteiger partial charge in [0.2, 0.25) is 5.91 Å². The summed E-state index contributed by atoms with van der Waals surface area (Å²) in [6.45, 7) is -0.0854. The number of hydrogen-bond donors (Lipinski definition) is 3. The van der Waals surface area contributed by atoms with Gasteiger partial charge in [0.25, 0.3) is 11.8 Å². The standard InChI is InChI=1S/C30H25F3N4O3/c1-37(26-11-3-2-4-12-26)29(40)20-13-15-23(16-14-20)34-19-27(38)35-24-9-5-7-21(17-24)28(39)36-25-10-6-8-22(18-25)30(31,32)33/h2-18,34H,19H2,1H3,(H,35,38)(H,36,39). The number of carbonyl (C=O) groups is 3. The first-order valence-electron chi connectivity index (χ1n) is 12.2. The first-order chi connectivity index (χ1) is 19.1.